The van der Waals surface area contributed by atoms with Crippen molar-refractivity contribution in [3.8, 4) is 12.1 Å². The molecule has 3 saturated heterocycles. The Bertz CT molecular complexity index is 980. The van der Waals surface area contributed by atoms with Gasteiger partial charge in [0.25, 0.3) is 0 Å². The second-order valence-electron chi connectivity index (χ2n) is 9.47. The summed E-state index contributed by atoms with van der Waals surface area (Å²) in [6, 6.07) is 10.2. The van der Waals surface area contributed by atoms with Gasteiger partial charge in [-0.25, -0.2) is 0 Å². The van der Waals surface area contributed by atoms with Crippen LogP contribution in [-0.4, -0.2) is 69.8 Å². The first kappa shape index (κ1) is 22.3. The number of hydrogen-bond acceptors (Lipinski definition) is 6. The molecule has 1 aromatic rings. The van der Waals surface area contributed by atoms with Gasteiger partial charge in [0.15, 0.2) is 0 Å². The largest absolute Gasteiger partial charge is 0.330 e. The molecular formula is C24H30N6O2. The van der Waals surface area contributed by atoms with E-state index in [9.17, 15) is 14.9 Å². The van der Waals surface area contributed by atoms with Gasteiger partial charge in [0.05, 0.1) is 35.8 Å². The molecule has 0 aliphatic carbocycles. The van der Waals surface area contributed by atoms with Crippen molar-refractivity contribution in [1.82, 2.24) is 14.7 Å². The summed E-state index contributed by atoms with van der Waals surface area (Å²) in [7, 11) is 0. The van der Waals surface area contributed by atoms with Crippen LogP contribution in [0, 0.1) is 28.6 Å². The maximum absolute atomic E-state index is 13.2. The fourth-order valence-electron chi connectivity index (χ4n) is 5.61. The third-order valence-electron chi connectivity index (χ3n) is 7.60. The summed E-state index contributed by atoms with van der Waals surface area (Å²) < 4.78 is 0. The van der Waals surface area contributed by atoms with E-state index >= 15 is 0 Å². The molecule has 0 saturated carbocycles. The molecule has 3 fully saturated rings. The Morgan fingerprint density at radius 2 is 1.91 bits per heavy atom. The second kappa shape index (κ2) is 8.54. The monoisotopic (exact) mass is 434 g/mol. The number of nitriles is 2. The zero-order chi connectivity index (χ0) is 23.2. The highest BCUT2D eigenvalue weighted by Gasteiger charge is 2.52. The summed E-state index contributed by atoms with van der Waals surface area (Å²) >= 11 is 0. The molecule has 4 rings (SSSR count). The first-order chi connectivity index (χ1) is 15.3. The van der Waals surface area contributed by atoms with Crippen LogP contribution in [0.3, 0.4) is 0 Å². The SMILES string of the molecule is CC1CC(C#N)N(C(=O)C(N)CN2C[C@@H]3CC2C(=O)N3C(C)c2ccc(C#N)cc2)C1C. The zero-order valence-electron chi connectivity index (χ0n) is 18.8. The fraction of sp³-hybridized carbons (Fsp3) is 0.583. The van der Waals surface area contributed by atoms with Gasteiger partial charge in [0, 0.05) is 25.2 Å². The average Bonchev–Trinajstić information content (AvgIpc) is 3.43. The molecule has 0 radical (unpaired) electrons. The Hall–Kier alpha value is -2.94. The summed E-state index contributed by atoms with van der Waals surface area (Å²) in [5, 5.41) is 18.4. The fourth-order valence-corrected chi connectivity index (χ4v) is 5.61. The second-order valence-corrected chi connectivity index (χ2v) is 9.47. The van der Waals surface area contributed by atoms with Gasteiger partial charge in [-0.15, -0.1) is 0 Å². The molecule has 2 bridgehead atoms. The van der Waals surface area contributed by atoms with E-state index in [1.165, 1.54) is 0 Å². The van der Waals surface area contributed by atoms with Crippen molar-refractivity contribution < 1.29 is 9.59 Å². The maximum atomic E-state index is 13.2. The number of hydrogen-bond donors (Lipinski definition) is 1. The lowest BCUT2D eigenvalue weighted by molar-refractivity contribution is -0.141. The highest BCUT2D eigenvalue weighted by Crippen LogP contribution is 2.38. The Kier molecular flexibility index (Phi) is 5.94. The van der Waals surface area contributed by atoms with Crippen LogP contribution in [-0.2, 0) is 9.59 Å². The van der Waals surface area contributed by atoms with Crippen LogP contribution in [0.15, 0.2) is 24.3 Å². The number of amides is 2. The van der Waals surface area contributed by atoms with Crippen LogP contribution < -0.4 is 5.73 Å². The standard InChI is InChI=1S/C24H30N6O2/c1-14-8-19(11-26)29(15(14)2)23(31)21(27)13-28-12-20-9-22(28)24(32)30(20)16(3)18-6-4-17(10-25)5-7-18/h4-7,14-16,19-22H,8-9,12-13,27H2,1-3H3/t14?,15?,16?,19?,20-,21?,22?/m0/s1. The average molecular weight is 435 g/mol. The van der Waals surface area contributed by atoms with Crippen molar-refractivity contribution in [2.45, 2.75) is 69.9 Å². The lowest BCUT2D eigenvalue weighted by Crippen LogP contribution is -2.57. The number of rotatable bonds is 5. The van der Waals surface area contributed by atoms with Gasteiger partial charge in [-0.1, -0.05) is 19.1 Å². The number of carbonyl (C=O) groups excluding carboxylic acids is 2. The molecule has 8 heteroatoms. The Morgan fingerprint density at radius 3 is 2.50 bits per heavy atom. The summed E-state index contributed by atoms with van der Waals surface area (Å²) in [4.78, 5) is 31.8. The number of carbonyl (C=O) groups is 2. The van der Waals surface area contributed by atoms with Crippen LogP contribution in [0.2, 0.25) is 0 Å². The zero-order valence-corrected chi connectivity index (χ0v) is 18.8. The number of fused-ring (bicyclic) bond motifs is 2. The molecule has 7 atom stereocenters. The van der Waals surface area contributed by atoms with E-state index in [1.54, 1.807) is 17.0 Å². The molecule has 0 aromatic heterocycles. The van der Waals surface area contributed by atoms with Gasteiger partial charge in [0.2, 0.25) is 11.8 Å². The number of nitrogens with two attached hydrogens (primary N) is 1. The summed E-state index contributed by atoms with van der Waals surface area (Å²) in [6.45, 7) is 7.04. The summed E-state index contributed by atoms with van der Waals surface area (Å²) in [5.41, 5.74) is 7.90. The van der Waals surface area contributed by atoms with E-state index in [0.29, 0.717) is 25.1 Å². The number of piperazine rings is 1. The number of likely N-dealkylation sites (tertiary alicyclic amines) is 3. The Labute approximate surface area is 189 Å². The molecule has 32 heavy (non-hydrogen) atoms. The van der Waals surface area contributed by atoms with Crippen molar-refractivity contribution in [3.05, 3.63) is 35.4 Å². The minimum absolute atomic E-state index is 0.0152. The van der Waals surface area contributed by atoms with Crippen molar-refractivity contribution in [1.29, 1.82) is 10.5 Å². The van der Waals surface area contributed by atoms with Crippen molar-refractivity contribution in [3.63, 3.8) is 0 Å². The van der Waals surface area contributed by atoms with E-state index in [4.69, 9.17) is 11.0 Å². The predicted molar refractivity (Wildman–Crippen MR) is 118 cm³/mol. The summed E-state index contributed by atoms with van der Waals surface area (Å²) in [6.07, 6.45) is 1.41. The molecule has 2 amide bonds. The Balaban J connectivity index is 1.40. The smallest absolute Gasteiger partial charge is 0.242 e. The molecule has 2 N–H and O–H groups in total. The van der Waals surface area contributed by atoms with E-state index in [1.807, 2.05) is 35.8 Å². The van der Waals surface area contributed by atoms with E-state index < -0.39 is 12.1 Å². The van der Waals surface area contributed by atoms with Crippen LogP contribution in [0.4, 0.5) is 0 Å². The molecule has 1 aromatic carbocycles. The van der Waals surface area contributed by atoms with Gasteiger partial charge in [-0.2, -0.15) is 10.5 Å². The summed E-state index contributed by atoms with van der Waals surface area (Å²) in [5.74, 6) is 0.125. The van der Waals surface area contributed by atoms with Crippen LogP contribution in [0.1, 0.15) is 50.8 Å². The molecule has 168 valence electrons. The minimum atomic E-state index is -0.754. The normalized spacial score (nSPS) is 31.4. The van der Waals surface area contributed by atoms with E-state index in [-0.39, 0.29) is 41.9 Å². The van der Waals surface area contributed by atoms with Crippen LogP contribution >= 0.6 is 0 Å². The highest BCUT2D eigenvalue weighted by atomic mass is 16.2. The number of nitrogens with zero attached hydrogens (tertiary/aromatic N) is 5. The van der Waals surface area contributed by atoms with Crippen molar-refractivity contribution in [2.24, 2.45) is 11.7 Å². The molecule has 0 spiro atoms. The third kappa shape index (κ3) is 3.64. The third-order valence-corrected chi connectivity index (χ3v) is 7.60. The van der Waals surface area contributed by atoms with Crippen LogP contribution in [0.25, 0.3) is 0 Å². The van der Waals surface area contributed by atoms with Gasteiger partial charge < -0.3 is 15.5 Å². The van der Waals surface area contributed by atoms with Gasteiger partial charge in [-0.3, -0.25) is 14.5 Å². The van der Waals surface area contributed by atoms with E-state index in [2.05, 4.69) is 19.1 Å². The minimum Gasteiger partial charge on any atom is -0.330 e. The van der Waals surface area contributed by atoms with Gasteiger partial charge in [-0.05, 0) is 50.3 Å². The molecular weight excluding hydrogens is 404 g/mol. The van der Waals surface area contributed by atoms with Gasteiger partial charge in [0.1, 0.15) is 6.04 Å². The topological polar surface area (TPSA) is 117 Å². The van der Waals surface area contributed by atoms with Crippen molar-refractivity contribution >= 4 is 11.8 Å². The first-order valence-electron chi connectivity index (χ1n) is 11.3. The molecule has 6 unspecified atom stereocenters. The first-order valence-corrected chi connectivity index (χ1v) is 11.3. The molecule has 8 nitrogen and oxygen atoms in total. The van der Waals surface area contributed by atoms with E-state index in [0.717, 1.165) is 12.0 Å². The Morgan fingerprint density at radius 1 is 1.22 bits per heavy atom. The van der Waals surface area contributed by atoms with Gasteiger partial charge >= 0.3 is 0 Å². The molecule has 3 heterocycles. The van der Waals surface area contributed by atoms with Crippen LogP contribution in [0.5, 0.6) is 0 Å². The lowest BCUT2D eigenvalue weighted by Gasteiger charge is -2.38. The predicted octanol–water partition coefficient (Wildman–Crippen LogP) is 1.38. The highest BCUT2D eigenvalue weighted by molar-refractivity contribution is 5.87. The lowest BCUT2D eigenvalue weighted by atomic mass is 10.0. The quantitative estimate of drug-likeness (QED) is 0.748. The molecule has 3 aliphatic rings. The number of benzene rings is 1. The molecule has 3 aliphatic heterocycles. The van der Waals surface area contributed by atoms with Crippen molar-refractivity contribution in [2.75, 3.05) is 13.1 Å². The maximum Gasteiger partial charge on any atom is 0.242 e.